The summed E-state index contributed by atoms with van der Waals surface area (Å²) in [6.45, 7) is 6.80. The SMILES string of the molecule is CCC(O)(CC)CNC(C)c1ccc(-c2cccnc2)cc1. The predicted molar refractivity (Wildman–Crippen MR) is 91.6 cm³/mol. The summed E-state index contributed by atoms with van der Waals surface area (Å²) in [4.78, 5) is 4.15. The molecule has 2 aromatic rings. The van der Waals surface area contributed by atoms with E-state index in [9.17, 15) is 5.11 Å². The molecule has 22 heavy (non-hydrogen) atoms. The minimum atomic E-state index is -0.607. The molecular weight excluding hydrogens is 272 g/mol. The van der Waals surface area contributed by atoms with Crippen molar-refractivity contribution in [2.24, 2.45) is 0 Å². The highest BCUT2D eigenvalue weighted by Gasteiger charge is 2.22. The summed E-state index contributed by atoms with van der Waals surface area (Å²) in [5.74, 6) is 0. The Balaban J connectivity index is 2.01. The third kappa shape index (κ3) is 4.15. The average Bonchev–Trinajstić information content (AvgIpc) is 2.60. The highest BCUT2D eigenvalue weighted by molar-refractivity contribution is 5.62. The number of benzene rings is 1. The van der Waals surface area contributed by atoms with Crippen LogP contribution in [-0.2, 0) is 0 Å². The first-order valence-corrected chi connectivity index (χ1v) is 8.04. The number of hydrogen-bond acceptors (Lipinski definition) is 3. The number of aromatic nitrogens is 1. The molecule has 1 unspecified atom stereocenters. The smallest absolute Gasteiger partial charge is 0.0766 e. The van der Waals surface area contributed by atoms with Gasteiger partial charge in [0.15, 0.2) is 0 Å². The molecule has 3 nitrogen and oxygen atoms in total. The standard InChI is InChI=1S/C19H26N2O/c1-4-19(22,5-2)14-21-15(3)16-8-10-17(11-9-16)18-7-6-12-20-13-18/h6-13,15,21-22H,4-5,14H2,1-3H3. The topological polar surface area (TPSA) is 45.1 Å². The lowest BCUT2D eigenvalue weighted by molar-refractivity contribution is 0.0303. The first kappa shape index (κ1) is 16.7. The van der Waals surface area contributed by atoms with E-state index in [1.165, 1.54) is 11.1 Å². The molecule has 0 aliphatic rings. The van der Waals surface area contributed by atoms with Crippen molar-refractivity contribution >= 4 is 0 Å². The van der Waals surface area contributed by atoms with E-state index in [-0.39, 0.29) is 6.04 Å². The first-order valence-electron chi connectivity index (χ1n) is 8.04. The van der Waals surface area contributed by atoms with Crippen LogP contribution in [0, 0.1) is 0 Å². The van der Waals surface area contributed by atoms with Crippen LogP contribution in [0.1, 0.15) is 45.2 Å². The van der Waals surface area contributed by atoms with Crippen LogP contribution >= 0.6 is 0 Å². The molecule has 0 fully saturated rings. The highest BCUT2D eigenvalue weighted by Crippen LogP contribution is 2.22. The number of aliphatic hydroxyl groups is 1. The van der Waals surface area contributed by atoms with E-state index in [4.69, 9.17) is 0 Å². The molecule has 3 heteroatoms. The van der Waals surface area contributed by atoms with Crippen molar-refractivity contribution in [2.45, 2.75) is 45.3 Å². The molecular formula is C19H26N2O. The molecule has 0 aliphatic heterocycles. The normalized spacial score (nSPS) is 13.1. The Morgan fingerprint density at radius 2 is 1.77 bits per heavy atom. The fourth-order valence-electron chi connectivity index (χ4n) is 2.46. The van der Waals surface area contributed by atoms with Gasteiger partial charge in [0.25, 0.3) is 0 Å². The second-order valence-corrected chi connectivity index (χ2v) is 5.90. The van der Waals surface area contributed by atoms with Crippen molar-refractivity contribution in [3.05, 3.63) is 54.4 Å². The Morgan fingerprint density at radius 1 is 1.09 bits per heavy atom. The van der Waals surface area contributed by atoms with Gasteiger partial charge >= 0.3 is 0 Å². The summed E-state index contributed by atoms with van der Waals surface area (Å²) in [6.07, 6.45) is 5.19. The largest absolute Gasteiger partial charge is 0.389 e. The molecule has 0 radical (unpaired) electrons. The second kappa shape index (κ2) is 7.52. The Kier molecular flexibility index (Phi) is 5.69. The maximum atomic E-state index is 10.3. The summed E-state index contributed by atoms with van der Waals surface area (Å²) in [7, 11) is 0. The van der Waals surface area contributed by atoms with Crippen LogP contribution in [0.4, 0.5) is 0 Å². The fourth-order valence-corrected chi connectivity index (χ4v) is 2.46. The molecule has 0 saturated heterocycles. The molecule has 1 atom stereocenters. The third-order valence-corrected chi connectivity index (χ3v) is 4.46. The summed E-state index contributed by atoms with van der Waals surface area (Å²) >= 11 is 0. The van der Waals surface area contributed by atoms with Gasteiger partial charge in [-0.1, -0.05) is 44.2 Å². The van der Waals surface area contributed by atoms with Gasteiger partial charge in [0, 0.05) is 25.0 Å². The van der Waals surface area contributed by atoms with E-state index in [0.29, 0.717) is 6.54 Å². The van der Waals surface area contributed by atoms with Crippen molar-refractivity contribution < 1.29 is 5.11 Å². The van der Waals surface area contributed by atoms with Gasteiger partial charge in [0.05, 0.1) is 5.60 Å². The predicted octanol–water partition coefficient (Wildman–Crippen LogP) is 3.95. The van der Waals surface area contributed by atoms with Gasteiger partial charge in [-0.15, -0.1) is 0 Å². The van der Waals surface area contributed by atoms with E-state index in [0.717, 1.165) is 18.4 Å². The zero-order valence-electron chi connectivity index (χ0n) is 13.7. The molecule has 0 spiro atoms. The summed E-state index contributed by atoms with van der Waals surface area (Å²) in [5, 5.41) is 13.8. The maximum Gasteiger partial charge on any atom is 0.0766 e. The van der Waals surface area contributed by atoms with Gasteiger partial charge in [-0.3, -0.25) is 4.98 Å². The lowest BCUT2D eigenvalue weighted by Gasteiger charge is -2.27. The molecule has 1 heterocycles. The first-order chi connectivity index (χ1) is 10.6. The van der Waals surface area contributed by atoms with Gasteiger partial charge in [-0.25, -0.2) is 0 Å². The van der Waals surface area contributed by atoms with Crippen LogP contribution in [0.5, 0.6) is 0 Å². The van der Waals surface area contributed by atoms with E-state index in [1.54, 1.807) is 6.20 Å². The number of rotatable bonds is 7. The van der Waals surface area contributed by atoms with Crippen molar-refractivity contribution in [3.63, 3.8) is 0 Å². The van der Waals surface area contributed by atoms with Gasteiger partial charge in [0.1, 0.15) is 0 Å². The molecule has 0 amide bonds. The minimum absolute atomic E-state index is 0.215. The maximum absolute atomic E-state index is 10.3. The Hall–Kier alpha value is -1.71. The number of hydrogen-bond donors (Lipinski definition) is 2. The second-order valence-electron chi connectivity index (χ2n) is 5.90. The lowest BCUT2D eigenvalue weighted by atomic mass is 9.96. The fraction of sp³-hybridized carbons (Fsp3) is 0.421. The third-order valence-electron chi connectivity index (χ3n) is 4.46. The summed E-state index contributed by atoms with van der Waals surface area (Å²) in [6, 6.07) is 12.7. The van der Waals surface area contributed by atoms with Gasteiger partial charge in [-0.2, -0.15) is 0 Å². The van der Waals surface area contributed by atoms with E-state index < -0.39 is 5.60 Å². The molecule has 0 bridgehead atoms. The molecule has 0 saturated carbocycles. The van der Waals surface area contributed by atoms with E-state index in [1.807, 2.05) is 26.1 Å². The van der Waals surface area contributed by atoms with Crippen molar-refractivity contribution in [3.8, 4) is 11.1 Å². The molecule has 1 aromatic heterocycles. The van der Waals surface area contributed by atoms with Crippen molar-refractivity contribution in [1.29, 1.82) is 0 Å². The van der Waals surface area contributed by atoms with Gasteiger partial charge in [-0.05, 0) is 42.5 Å². The van der Waals surface area contributed by atoms with Gasteiger partial charge < -0.3 is 10.4 Å². The van der Waals surface area contributed by atoms with Crippen LogP contribution in [0.25, 0.3) is 11.1 Å². The van der Waals surface area contributed by atoms with Crippen molar-refractivity contribution in [1.82, 2.24) is 10.3 Å². The molecule has 118 valence electrons. The van der Waals surface area contributed by atoms with Crippen molar-refractivity contribution in [2.75, 3.05) is 6.54 Å². The minimum Gasteiger partial charge on any atom is -0.389 e. The number of nitrogens with zero attached hydrogens (tertiary/aromatic N) is 1. The highest BCUT2D eigenvalue weighted by atomic mass is 16.3. The molecule has 0 aliphatic carbocycles. The monoisotopic (exact) mass is 298 g/mol. The van der Waals surface area contributed by atoms with Crippen LogP contribution in [0.15, 0.2) is 48.8 Å². The lowest BCUT2D eigenvalue weighted by Crippen LogP contribution is -2.40. The van der Waals surface area contributed by atoms with E-state index in [2.05, 4.69) is 47.6 Å². The summed E-state index contributed by atoms with van der Waals surface area (Å²) in [5.41, 5.74) is 2.91. The quantitative estimate of drug-likeness (QED) is 0.813. The zero-order valence-corrected chi connectivity index (χ0v) is 13.7. The van der Waals surface area contributed by atoms with Crippen LogP contribution < -0.4 is 5.32 Å². The van der Waals surface area contributed by atoms with Crippen LogP contribution in [0.3, 0.4) is 0 Å². The van der Waals surface area contributed by atoms with Crippen LogP contribution in [0.2, 0.25) is 0 Å². The average molecular weight is 298 g/mol. The molecule has 2 rings (SSSR count). The van der Waals surface area contributed by atoms with E-state index >= 15 is 0 Å². The Labute approximate surface area is 133 Å². The van der Waals surface area contributed by atoms with Gasteiger partial charge in [0.2, 0.25) is 0 Å². The number of nitrogens with one attached hydrogen (secondary N) is 1. The Bertz CT molecular complexity index is 562. The number of pyridine rings is 1. The molecule has 2 N–H and O–H groups in total. The zero-order chi connectivity index (χ0) is 16.0. The Morgan fingerprint density at radius 3 is 2.32 bits per heavy atom. The van der Waals surface area contributed by atoms with Crippen LogP contribution in [-0.4, -0.2) is 22.2 Å². The molecule has 1 aromatic carbocycles. The summed E-state index contributed by atoms with van der Waals surface area (Å²) < 4.78 is 0.